The molecule has 2 amide bonds. The maximum absolute atomic E-state index is 11.5. The van der Waals surface area contributed by atoms with E-state index in [0.717, 1.165) is 0 Å². The van der Waals surface area contributed by atoms with E-state index in [-0.39, 0.29) is 12.3 Å². The molecule has 0 aliphatic carbocycles. The second-order valence-electron chi connectivity index (χ2n) is 4.02. The number of para-hydroxylation sites is 1. The molecule has 1 atom stereocenters. The van der Waals surface area contributed by atoms with Gasteiger partial charge >= 0.3 is 12.0 Å². The van der Waals surface area contributed by atoms with Gasteiger partial charge in [-0.25, -0.2) is 4.79 Å². The van der Waals surface area contributed by atoms with Crippen molar-refractivity contribution in [3.63, 3.8) is 0 Å². The number of aliphatic carboxylic acids is 1. The van der Waals surface area contributed by atoms with Crippen LogP contribution >= 0.6 is 11.6 Å². The number of carboxylic acids is 1. The zero-order valence-electron chi connectivity index (χ0n) is 9.94. The minimum Gasteiger partial charge on any atom is -0.481 e. The van der Waals surface area contributed by atoms with E-state index in [2.05, 4.69) is 10.6 Å². The van der Waals surface area contributed by atoms with Gasteiger partial charge in [0, 0.05) is 13.0 Å². The van der Waals surface area contributed by atoms with E-state index in [0.29, 0.717) is 17.3 Å². The Morgan fingerprint density at radius 2 is 2.06 bits per heavy atom. The number of amides is 2. The summed E-state index contributed by atoms with van der Waals surface area (Å²) in [5, 5.41) is 14.2. The lowest BCUT2D eigenvalue weighted by Crippen LogP contribution is -2.33. The highest BCUT2D eigenvalue weighted by Crippen LogP contribution is 2.20. The summed E-state index contributed by atoms with van der Waals surface area (Å²) in [6.07, 6.45) is 0.0202. The smallest absolute Gasteiger partial charge is 0.319 e. The first-order valence-corrected chi connectivity index (χ1v) is 5.88. The van der Waals surface area contributed by atoms with Crippen LogP contribution < -0.4 is 10.6 Å². The van der Waals surface area contributed by atoms with Gasteiger partial charge in [0.15, 0.2) is 0 Å². The number of urea groups is 1. The number of carbonyl (C=O) groups excluding carboxylic acids is 1. The summed E-state index contributed by atoms with van der Waals surface area (Å²) in [5.41, 5.74) is 0.516. The van der Waals surface area contributed by atoms with Crippen LogP contribution in [-0.2, 0) is 4.79 Å². The second kappa shape index (κ2) is 6.86. The predicted molar refractivity (Wildman–Crippen MR) is 69.9 cm³/mol. The van der Waals surface area contributed by atoms with Gasteiger partial charge in [-0.2, -0.15) is 0 Å². The molecule has 0 saturated heterocycles. The van der Waals surface area contributed by atoms with Crippen LogP contribution in [0.25, 0.3) is 0 Å². The van der Waals surface area contributed by atoms with E-state index >= 15 is 0 Å². The van der Waals surface area contributed by atoms with Crippen molar-refractivity contribution in [3.05, 3.63) is 29.3 Å². The summed E-state index contributed by atoms with van der Waals surface area (Å²) in [6.45, 7) is 2.05. The predicted octanol–water partition coefficient (Wildman–Crippen LogP) is 2.57. The van der Waals surface area contributed by atoms with Gasteiger partial charge in [0.05, 0.1) is 10.7 Å². The first kappa shape index (κ1) is 14.3. The molecule has 6 heteroatoms. The third kappa shape index (κ3) is 5.05. The van der Waals surface area contributed by atoms with Crippen LogP contribution in [0.5, 0.6) is 0 Å². The van der Waals surface area contributed by atoms with Crippen molar-refractivity contribution in [2.45, 2.75) is 13.3 Å². The first-order chi connectivity index (χ1) is 8.49. The molecule has 5 nitrogen and oxygen atoms in total. The van der Waals surface area contributed by atoms with Gasteiger partial charge in [0.25, 0.3) is 0 Å². The van der Waals surface area contributed by atoms with E-state index in [1.165, 1.54) is 0 Å². The zero-order chi connectivity index (χ0) is 13.5. The molecule has 0 radical (unpaired) electrons. The Labute approximate surface area is 110 Å². The number of hydrogen-bond acceptors (Lipinski definition) is 2. The highest BCUT2D eigenvalue weighted by Gasteiger charge is 2.10. The Kier molecular flexibility index (Phi) is 5.45. The Hall–Kier alpha value is -1.75. The Bertz CT molecular complexity index is 437. The zero-order valence-corrected chi connectivity index (χ0v) is 10.7. The van der Waals surface area contributed by atoms with Crippen molar-refractivity contribution in [3.8, 4) is 0 Å². The molecule has 0 aliphatic heterocycles. The van der Waals surface area contributed by atoms with Crippen LogP contribution in [0, 0.1) is 5.92 Å². The van der Waals surface area contributed by atoms with Crippen molar-refractivity contribution in [2.24, 2.45) is 5.92 Å². The minimum absolute atomic E-state index is 0.0202. The number of halogens is 1. The molecule has 0 aliphatic rings. The van der Waals surface area contributed by atoms with Crippen LogP contribution in [0.3, 0.4) is 0 Å². The van der Waals surface area contributed by atoms with Gasteiger partial charge in [-0.3, -0.25) is 4.79 Å². The fourth-order valence-corrected chi connectivity index (χ4v) is 1.55. The van der Waals surface area contributed by atoms with Crippen LogP contribution in [0.1, 0.15) is 13.3 Å². The summed E-state index contributed by atoms with van der Waals surface area (Å²) in [6, 6.07) is 6.47. The Morgan fingerprint density at radius 1 is 1.39 bits per heavy atom. The molecular weight excluding hydrogens is 256 g/mol. The van der Waals surface area contributed by atoms with E-state index in [9.17, 15) is 9.59 Å². The van der Waals surface area contributed by atoms with Crippen molar-refractivity contribution in [1.82, 2.24) is 5.32 Å². The molecule has 0 fully saturated rings. The third-order valence-electron chi connectivity index (χ3n) is 2.26. The Balaban J connectivity index is 2.39. The van der Waals surface area contributed by atoms with Gasteiger partial charge in [-0.1, -0.05) is 30.7 Å². The number of carboxylic acid groups (broad SMARTS) is 1. The standard InChI is InChI=1S/C12H15ClN2O3/c1-8(6-11(16)17)7-14-12(18)15-10-5-3-2-4-9(10)13/h2-5,8H,6-7H2,1H3,(H,16,17)(H2,14,15,18). The lowest BCUT2D eigenvalue weighted by molar-refractivity contribution is -0.137. The average Bonchev–Trinajstić information content (AvgIpc) is 2.29. The van der Waals surface area contributed by atoms with Crippen molar-refractivity contribution < 1.29 is 14.7 Å². The number of nitrogens with one attached hydrogen (secondary N) is 2. The molecule has 1 rings (SSSR count). The van der Waals surface area contributed by atoms with Crippen molar-refractivity contribution >= 4 is 29.3 Å². The van der Waals surface area contributed by atoms with E-state index < -0.39 is 12.0 Å². The van der Waals surface area contributed by atoms with Gasteiger partial charge in [0.2, 0.25) is 0 Å². The van der Waals surface area contributed by atoms with E-state index in [4.69, 9.17) is 16.7 Å². The quantitative estimate of drug-likeness (QED) is 0.769. The van der Waals surface area contributed by atoms with Gasteiger partial charge in [-0.05, 0) is 18.1 Å². The summed E-state index contributed by atoms with van der Waals surface area (Å²) in [5.74, 6) is -1.00. The molecule has 18 heavy (non-hydrogen) atoms. The van der Waals surface area contributed by atoms with Gasteiger partial charge in [0.1, 0.15) is 0 Å². The van der Waals surface area contributed by atoms with Crippen LogP contribution in [0.4, 0.5) is 10.5 Å². The highest BCUT2D eigenvalue weighted by atomic mass is 35.5. The number of anilines is 1. The monoisotopic (exact) mass is 270 g/mol. The van der Waals surface area contributed by atoms with E-state index in [1.807, 2.05) is 0 Å². The van der Waals surface area contributed by atoms with Gasteiger partial charge < -0.3 is 15.7 Å². The molecule has 0 saturated carbocycles. The summed E-state index contributed by atoms with van der Waals surface area (Å²) in [7, 11) is 0. The summed E-state index contributed by atoms with van der Waals surface area (Å²) < 4.78 is 0. The first-order valence-electron chi connectivity index (χ1n) is 5.50. The molecule has 0 aromatic heterocycles. The molecule has 0 bridgehead atoms. The van der Waals surface area contributed by atoms with Crippen molar-refractivity contribution in [2.75, 3.05) is 11.9 Å². The van der Waals surface area contributed by atoms with Crippen LogP contribution in [0.15, 0.2) is 24.3 Å². The lowest BCUT2D eigenvalue weighted by Gasteiger charge is -2.12. The number of carbonyl (C=O) groups is 2. The van der Waals surface area contributed by atoms with Crippen LogP contribution in [-0.4, -0.2) is 23.7 Å². The SMILES string of the molecule is CC(CNC(=O)Nc1ccccc1Cl)CC(=O)O. The number of hydrogen-bond donors (Lipinski definition) is 3. The molecule has 1 unspecified atom stereocenters. The van der Waals surface area contributed by atoms with Crippen LogP contribution in [0.2, 0.25) is 5.02 Å². The summed E-state index contributed by atoms with van der Waals surface area (Å²) >= 11 is 5.88. The van der Waals surface area contributed by atoms with E-state index in [1.54, 1.807) is 31.2 Å². The fraction of sp³-hybridized carbons (Fsp3) is 0.333. The summed E-state index contributed by atoms with van der Waals surface area (Å²) in [4.78, 5) is 22.0. The Morgan fingerprint density at radius 3 is 2.67 bits per heavy atom. The maximum Gasteiger partial charge on any atom is 0.319 e. The molecular formula is C12H15ClN2O3. The molecule has 98 valence electrons. The highest BCUT2D eigenvalue weighted by molar-refractivity contribution is 6.33. The second-order valence-corrected chi connectivity index (χ2v) is 4.43. The molecule has 1 aromatic carbocycles. The third-order valence-corrected chi connectivity index (χ3v) is 2.59. The number of benzene rings is 1. The average molecular weight is 271 g/mol. The number of rotatable bonds is 5. The molecule has 3 N–H and O–H groups in total. The molecule has 0 spiro atoms. The fourth-order valence-electron chi connectivity index (χ4n) is 1.37. The normalized spacial score (nSPS) is 11.7. The van der Waals surface area contributed by atoms with Crippen molar-refractivity contribution in [1.29, 1.82) is 0 Å². The largest absolute Gasteiger partial charge is 0.481 e. The topological polar surface area (TPSA) is 78.4 Å². The molecule has 1 aromatic rings. The lowest BCUT2D eigenvalue weighted by atomic mass is 10.1. The minimum atomic E-state index is -0.879. The molecule has 0 heterocycles. The van der Waals surface area contributed by atoms with Gasteiger partial charge in [-0.15, -0.1) is 0 Å². The maximum atomic E-state index is 11.5.